The van der Waals surface area contributed by atoms with Gasteiger partial charge in [-0.05, 0) is 32.1 Å². The van der Waals surface area contributed by atoms with E-state index in [0.717, 1.165) is 38.4 Å². The summed E-state index contributed by atoms with van der Waals surface area (Å²) in [5.74, 6) is 0.881. The second-order valence-corrected chi connectivity index (χ2v) is 9.72. The molecule has 2 fully saturated rings. The summed E-state index contributed by atoms with van der Waals surface area (Å²) in [6, 6.07) is 5.70. The van der Waals surface area contributed by atoms with E-state index in [2.05, 4.69) is 21.7 Å². The summed E-state index contributed by atoms with van der Waals surface area (Å²) in [6.45, 7) is 7.41. The summed E-state index contributed by atoms with van der Waals surface area (Å²) in [4.78, 5) is 6.85. The van der Waals surface area contributed by atoms with Gasteiger partial charge in [0, 0.05) is 64.1 Å². The van der Waals surface area contributed by atoms with Gasteiger partial charge in [-0.25, -0.2) is 8.42 Å². The number of hydrogen-bond acceptors (Lipinski definition) is 7. The van der Waals surface area contributed by atoms with E-state index < -0.39 is 10.0 Å². The van der Waals surface area contributed by atoms with Crippen LogP contribution in [0.25, 0.3) is 0 Å². The molecule has 2 aliphatic rings. The first-order valence-electron chi connectivity index (χ1n) is 9.96. The molecule has 0 aromatic heterocycles. The van der Waals surface area contributed by atoms with Crippen molar-refractivity contribution in [3.63, 3.8) is 0 Å². The fourth-order valence-electron chi connectivity index (χ4n) is 3.79. The predicted octanol–water partition coefficient (Wildman–Crippen LogP) is 0.367. The van der Waals surface area contributed by atoms with Crippen molar-refractivity contribution in [2.45, 2.75) is 6.42 Å². The minimum absolute atomic E-state index is 0.231. The van der Waals surface area contributed by atoms with Crippen molar-refractivity contribution >= 4 is 21.4 Å². The van der Waals surface area contributed by atoms with Crippen LogP contribution in [0.1, 0.15) is 6.42 Å². The number of hydrogen-bond donors (Lipinski definition) is 1. The third kappa shape index (κ3) is 5.28. The maximum atomic E-state index is 12.7. The van der Waals surface area contributed by atoms with Crippen LogP contribution in [-0.2, 0) is 10.0 Å². The van der Waals surface area contributed by atoms with Crippen molar-refractivity contribution < 1.29 is 13.2 Å². The Bertz CT molecular complexity index is 742. The topological polar surface area (TPSA) is 82.4 Å². The largest absolute Gasteiger partial charge is 0.495 e. The Hall–Kier alpha value is -1.55. The molecule has 0 spiro atoms. The molecule has 0 atom stereocenters. The lowest BCUT2D eigenvalue weighted by molar-refractivity contribution is 0.154. The van der Waals surface area contributed by atoms with Gasteiger partial charge in [0.15, 0.2) is 0 Å². The van der Waals surface area contributed by atoms with Crippen molar-refractivity contribution in [2.24, 2.45) is 0 Å². The maximum absolute atomic E-state index is 12.7. The molecule has 0 unspecified atom stereocenters. The van der Waals surface area contributed by atoms with Crippen LogP contribution in [0.15, 0.2) is 18.2 Å². The summed E-state index contributed by atoms with van der Waals surface area (Å²) >= 11 is 0. The zero-order valence-corrected chi connectivity index (χ0v) is 17.8. The van der Waals surface area contributed by atoms with Crippen LogP contribution in [0.2, 0.25) is 0 Å². The molecule has 2 N–H and O–H groups in total. The number of methoxy groups -OCH3 is 1. The van der Waals surface area contributed by atoms with Crippen LogP contribution >= 0.6 is 0 Å². The molecule has 2 heterocycles. The number of nitrogens with zero attached hydrogens (tertiary/aromatic N) is 4. The molecule has 2 saturated heterocycles. The number of benzene rings is 1. The van der Waals surface area contributed by atoms with E-state index in [1.54, 1.807) is 11.4 Å². The minimum atomic E-state index is -3.20. The van der Waals surface area contributed by atoms with Gasteiger partial charge in [-0.15, -0.1) is 0 Å². The summed E-state index contributed by atoms with van der Waals surface area (Å²) in [5.41, 5.74) is 7.50. The van der Waals surface area contributed by atoms with Crippen LogP contribution < -0.4 is 15.4 Å². The van der Waals surface area contributed by atoms with Gasteiger partial charge in [0.2, 0.25) is 10.0 Å². The number of ether oxygens (including phenoxy) is 1. The number of piperazine rings is 2. The van der Waals surface area contributed by atoms with E-state index in [1.807, 2.05) is 18.2 Å². The molecule has 0 radical (unpaired) electrons. The van der Waals surface area contributed by atoms with E-state index in [9.17, 15) is 8.42 Å². The highest BCUT2D eigenvalue weighted by molar-refractivity contribution is 7.89. The molecule has 0 bridgehead atoms. The molecule has 0 amide bonds. The Morgan fingerprint density at radius 1 is 1.04 bits per heavy atom. The summed E-state index contributed by atoms with van der Waals surface area (Å²) in [6.07, 6.45) is 0.696. The molecular formula is C19H33N5O3S. The van der Waals surface area contributed by atoms with Gasteiger partial charge < -0.3 is 25.2 Å². The number of anilines is 2. The molecule has 28 heavy (non-hydrogen) atoms. The quantitative estimate of drug-likeness (QED) is 0.649. The van der Waals surface area contributed by atoms with Gasteiger partial charge in [-0.3, -0.25) is 0 Å². The lowest BCUT2D eigenvalue weighted by Gasteiger charge is -2.36. The number of likely N-dealkylation sites (N-methyl/N-ethyl adjacent to an activating group) is 1. The molecule has 2 aliphatic heterocycles. The smallest absolute Gasteiger partial charge is 0.214 e. The van der Waals surface area contributed by atoms with Crippen LogP contribution in [0.3, 0.4) is 0 Å². The number of nitrogens with two attached hydrogens (primary N) is 1. The second kappa shape index (κ2) is 9.30. The van der Waals surface area contributed by atoms with Gasteiger partial charge in [-0.2, -0.15) is 4.31 Å². The monoisotopic (exact) mass is 411 g/mol. The first-order chi connectivity index (χ1) is 13.4. The van der Waals surface area contributed by atoms with Crippen molar-refractivity contribution in [3.05, 3.63) is 18.2 Å². The fraction of sp³-hybridized carbons (Fsp3) is 0.684. The van der Waals surface area contributed by atoms with Gasteiger partial charge in [-0.1, -0.05) is 0 Å². The molecule has 1 aromatic rings. The van der Waals surface area contributed by atoms with Crippen molar-refractivity contribution in [1.82, 2.24) is 14.1 Å². The summed E-state index contributed by atoms with van der Waals surface area (Å²) in [7, 11) is 0.531. The molecule has 3 rings (SSSR count). The Labute approximate surface area is 168 Å². The molecule has 0 aliphatic carbocycles. The molecule has 158 valence electrons. The van der Waals surface area contributed by atoms with E-state index in [-0.39, 0.29) is 5.75 Å². The number of nitrogen functional groups attached to an aromatic ring is 1. The average molecular weight is 412 g/mol. The Morgan fingerprint density at radius 3 is 2.36 bits per heavy atom. The van der Waals surface area contributed by atoms with E-state index in [4.69, 9.17) is 10.5 Å². The van der Waals surface area contributed by atoms with Crippen LogP contribution in [-0.4, -0.2) is 101 Å². The van der Waals surface area contributed by atoms with Crippen molar-refractivity contribution in [1.29, 1.82) is 0 Å². The lowest BCUT2D eigenvalue weighted by Crippen LogP contribution is -2.49. The summed E-state index contributed by atoms with van der Waals surface area (Å²) < 4.78 is 32.4. The van der Waals surface area contributed by atoms with Gasteiger partial charge in [0.05, 0.1) is 18.6 Å². The van der Waals surface area contributed by atoms with Gasteiger partial charge in [0.25, 0.3) is 0 Å². The molecule has 8 nitrogen and oxygen atoms in total. The Kier molecular flexibility index (Phi) is 7.03. The average Bonchev–Trinajstić information content (AvgIpc) is 2.70. The molecule has 9 heteroatoms. The molecular weight excluding hydrogens is 378 g/mol. The highest BCUT2D eigenvalue weighted by Crippen LogP contribution is 2.28. The number of sulfonamides is 1. The van der Waals surface area contributed by atoms with Crippen LogP contribution in [0, 0.1) is 0 Å². The molecule has 1 aromatic carbocycles. The lowest BCUT2D eigenvalue weighted by atomic mass is 10.2. The maximum Gasteiger partial charge on any atom is 0.214 e. The zero-order valence-electron chi connectivity index (χ0n) is 17.0. The zero-order chi connectivity index (χ0) is 20.1. The first-order valence-corrected chi connectivity index (χ1v) is 11.6. The van der Waals surface area contributed by atoms with E-state index >= 15 is 0 Å². The van der Waals surface area contributed by atoms with Crippen molar-refractivity contribution in [2.75, 3.05) is 89.4 Å². The fourth-order valence-corrected chi connectivity index (χ4v) is 5.26. The van der Waals surface area contributed by atoms with Gasteiger partial charge in [0.1, 0.15) is 5.75 Å². The van der Waals surface area contributed by atoms with E-state index in [0.29, 0.717) is 44.0 Å². The van der Waals surface area contributed by atoms with Crippen LogP contribution in [0.5, 0.6) is 5.75 Å². The predicted molar refractivity (Wildman–Crippen MR) is 114 cm³/mol. The first kappa shape index (κ1) is 21.2. The van der Waals surface area contributed by atoms with Gasteiger partial charge >= 0.3 is 0 Å². The molecule has 0 saturated carbocycles. The Balaban J connectivity index is 1.46. The second-order valence-electron chi connectivity index (χ2n) is 7.63. The van der Waals surface area contributed by atoms with Crippen LogP contribution in [0.4, 0.5) is 11.4 Å². The third-order valence-electron chi connectivity index (χ3n) is 5.69. The Morgan fingerprint density at radius 2 is 1.71 bits per heavy atom. The third-order valence-corrected chi connectivity index (χ3v) is 7.64. The summed E-state index contributed by atoms with van der Waals surface area (Å²) in [5, 5.41) is 0. The highest BCUT2D eigenvalue weighted by Gasteiger charge is 2.27. The minimum Gasteiger partial charge on any atom is -0.495 e. The normalized spacial score (nSPS) is 20.4. The number of rotatable bonds is 7. The van der Waals surface area contributed by atoms with E-state index in [1.165, 1.54) is 0 Å². The van der Waals surface area contributed by atoms with Crippen molar-refractivity contribution in [3.8, 4) is 5.75 Å². The SMILES string of the molecule is COc1cc(N2CCN(S(=O)(=O)CCCN3CCN(C)CC3)CC2)ccc1N. The standard InChI is InChI=1S/C19H33N5O3S/c1-21-7-9-22(10-8-21)6-3-15-28(25,26)24-13-11-23(12-14-24)17-4-5-18(20)19(16-17)27-2/h4-5,16H,3,6-15,20H2,1-2H3. The highest BCUT2D eigenvalue weighted by atomic mass is 32.2.